The molecule has 24 heavy (non-hydrogen) atoms. The zero-order valence-corrected chi connectivity index (χ0v) is 14.4. The van der Waals surface area contributed by atoms with Crippen LogP contribution in [0, 0.1) is 5.92 Å². The van der Waals surface area contributed by atoms with Gasteiger partial charge in [-0.3, -0.25) is 0 Å². The van der Waals surface area contributed by atoms with Crippen LogP contribution in [0.15, 0.2) is 48.5 Å². The second-order valence-corrected chi connectivity index (χ2v) is 6.72. The number of para-hydroxylation sites is 2. The number of benzene rings is 2. The lowest BCUT2D eigenvalue weighted by Gasteiger charge is -2.20. The largest absolute Gasteiger partial charge is 0.480 e. The van der Waals surface area contributed by atoms with Crippen LogP contribution in [0.2, 0.25) is 5.02 Å². The fraction of sp³-hybridized carbons (Fsp3) is 0.263. The molecular formula is C19H19ClN2O2. The minimum absolute atomic E-state index is 0.255. The lowest BCUT2D eigenvalue weighted by Crippen LogP contribution is -2.21. The summed E-state index contributed by atoms with van der Waals surface area (Å²) in [5.41, 5.74) is 2.47. The molecule has 3 rings (SSSR count). The number of carboxylic acids is 1. The molecule has 0 aliphatic rings. The molecular weight excluding hydrogens is 324 g/mol. The van der Waals surface area contributed by atoms with Gasteiger partial charge in [-0.05, 0) is 48.7 Å². The van der Waals surface area contributed by atoms with E-state index >= 15 is 0 Å². The van der Waals surface area contributed by atoms with Crippen LogP contribution in [0.25, 0.3) is 22.4 Å². The molecule has 0 aliphatic heterocycles. The molecule has 0 aliphatic carbocycles. The van der Waals surface area contributed by atoms with Crippen LogP contribution in [0.1, 0.15) is 26.3 Å². The van der Waals surface area contributed by atoms with Crippen molar-refractivity contribution in [2.45, 2.75) is 26.3 Å². The molecule has 0 bridgehead atoms. The van der Waals surface area contributed by atoms with Gasteiger partial charge in [-0.2, -0.15) is 0 Å². The van der Waals surface area contributed by atoms with Crippen LogP contribution in [-0.4, -0.2) is 20.6 Å². The summed E-state index contributed by atoms with van der Waals surface area (Å²) in [4.78, 5) is 16.6. The second kappa shape index (κ2) is 6.65. The highest BCUT2D eigenvalue weighted by atomic mass is 35.5. The number of nitrogens with zero attached hydrogens (tertiary/aromatic N) is 2. The third kappa shape index (κ3) is 3.15. The van der Waals surface area contributed by atoms with E-state index in [-0.39, 0.29) is 5.92 Å². The molecule has 0 unspecified atom stereocenters. The monoisotopic (exact) mass is 342 g/mol. The Kier molecular flexibility index (Phi) is 4.58. The summed E-state index contributed by atoms with van der Waals surface area (Å²) >= 11 is 5.98. The van der Waals surface area contributed by atoms with Gasteiger partial charge in [0.25, 0.3) is 0 Å². The van der Waals surface area contributed by atoms with Gasteiger partial charge < -0.3 is 9.67 Å². The van der Waals surface area contributed by atoms with E-state index in [0.29, 0.717) is 17.3 Å². The molecule has 0 fully saturated rings. The number of aliphatic carboxylic acids is 1. The van der Waals surface area contributed by atoms with Crippen LogP contribution in [-0.2, 0) is 4.79 Å². The van der Waals surface area contributed by atoms with Gasteiger partial charge in [-0.1, -0.05) is 37.6 Å². The summed E-state index contributed by atoms with van der Waals surface area (Å²) in [5.74, 6) is 0.0633. The van der Waals surface area contributed by atoms with E-state index in [2.05, 4.69) is 4.98 Å². The molecule has 0 saturated heterocycles. The lowest BCUT2D eigenvalue weighted by atomic mass is 10.0. The van der Waals surface area contributed by atoms with E-state index in [0.717, 1.165) is 16.6 Å². The standard InChI is InChI=1S/C19H19ClN2O2/c1-12(2)11-17(19(23)24)22-16-6-4-3-5-15(16)21-18(22)13-7-9-14(20)10-8-13/h3-10,12,17H,11H2,1-2H3,(H,23,24)/t17-/m0/s1. The fourth-order valence-electron chi connectivity index (χ4n) is 2.93. The second-order valence-electron chi connectivity index (χ2n) is 6.28. The maximum atomic E-state index is 11.9. The number of fused-ring (bicyclic) bond motifs is 1. The number of aromatic nitrogens is 2. The van der Waals surface area contributed by atoms with Crippen molar-refractivity contribution in [2.24, 2.45) is 5.92 Å². The number of imidazole rings is 1. The third-order valence-corrected chi connectivity index (χ3v) is 4.24. The molecule has 1 heterocycles. The lowest BCUT2D eigenvalue weighted by molar-refractivity contribution is -0.141. The summed E-state index contributed by atoms with van der Waals surface area (Å²) < 4.78 is 1.83. The Balaban J connectivity index is 2.25. The number of rotatable bonds is 5. The highest BCUT2D eigenvalue weighted by molar-refractivity contribution is 6.30. The first-order valence-corrected chi connectivity index (χ1v) is 8.31. The molecule has 0 amide bonds. The third-order valence-electron chi connectivity index (χ3n) is 3.99. The molecule has 1 aromatic heterocycles. The van der Waals surface area contributed by atoms with Gasteiger partial charge in [-0.25, -0.2) is 9.78 Å². The van der Waals surface area contributed by atoms with Gasteiger partial charge in [0.05, 0.1) is 11.0 Å². The van der Waals surface area contributed by atoms with E-state index in [1.54, 1.807) is 12.1 Å². The van der Waals surface area contributed by atoms with Gasteiger partial charge in [0, 0.05) is 10.6 Å². The molecule has 1 atom stereocenters. The Morgan fingerprint density at radius 3 is 2.46 bits per heavy atom. The topological polar surface area (TPSA) is 55.1 Å². The summed E-state index contributed by atoms with van der Waals surface area (Å²) in [6.45, 7) is 4.05. The highest BCUT2D eigenvalue weighted by Gasteiger charge is 2.26. The van der Waals surface area contributed by atoms with E-state index < -0.39 is 12.0 Å². The first-order valence-electron chi connectivity index (χ1n) is 7.93. The maximum Gasteiger partial charge on any atom is 0.326 e. The smallest absolute Gasteiger partial charge is 0.326 e. The summed E-state index contributed by atoms with van der Waals surface area (Å²) in [7, 11) is 0. The zero-order chi connectivity index (χ0) is 17.3. The first-order chi connectivity index (χ1) is 11.5. The Morgan fingerprint density at radius 1 is 1.17 bits per heavy atom. The molecule has 0 saturated carbocycles. The first kappa shape index (κ1) is 16.5. The Morgan fingerprint density at radius 2 is 1.83 bits per heavy atom. The summed E-state index contributed by atoms with van der Waals surface area (Å²) in [6.07, 6.45) is 0.538. The predicted molar refractivity (Wildman–Crippen MR) is 96.3 cm³/mol. The van der Waals surface area contributed by atoms with Crippen LogP contribution >= 0.6 is 11.6 Å². The van der Waals surface area contributed by atoms with Gasteiger partial charge in [0.2, 0.25) is 0 Å². The molecule has 2 aromatic carbocycles. The summed E-state index contributed by atoms with van der Waals surface area (Å²) in [6, 6.07) is 14.3. The molecule has 5 heteroatoms. The summed E-state index contributed by atoms with van der Waals surface area (Å²) in [5, 5.41) is 10.4. The number of hydrogen-bond acceptors (Lipinski definition) is 2. The molecule has 0 spiro atoms. The molecule has 0 radical (unpaired) electrons. The van der Waals surface area contributed by atoms with Crippen molar-refractivity contribution in [3.05, 3.63) is 53.6 Å². The van der Waals surface area contributed by atoms with Gasteiger partial charge in [0.1, 0.15) is 11.9 Å². The van der Waals surface area contributed by atoms with Crippen molar-refractivity contribution >= 4 is 28.6 Å². The Hall–Kier alpha value is -2.33. The average molecular weight is 343 g/mol. The van der Waals surface area contributed by atoms with Crippen molar-refractivity contribution in [1.82, 2.24) is 9.55 Å². The average Bonchev–Trinajstić information content (AvgIpc) is 2.92. The minimum atomic E-state index is -0.845. The van der Waals surface area contributed by atoms with Crippen LogP contribution in [0.5, 0.6) is 0 Å². The van der Waals surface area contributed by atoms with Gasteiger partial charge in [0.15, 0.2) is 0 Å². The van der Waals surface area contributed by atoms with E-state index in [9.17, 15) is 9.90 Å². The van der Waals surface area contributed by atoms with E-state index in [4.69, 9.17) is 11.6 Å². The van der Waals surface area contributed by atoms with Crippen molar-refractivity contribution in [2.75, 3.05) is 0 Å². The number of carboxylic acid groups (broad SMARTS) is 1. The van der Waals surface area contributed by atoms with Gasteiger partial charge in [-0.15, -0.1) is 0 Å². The maximum absolute atomic E-state index is 11.9. The Bertz CT molecular complexity index is 869. The van der Waals surface area contributed by atoms with Crippen molar-refractivity contribution in [3.63, 3.8) is 0 Å². The van der Waals surface area contributed by atoms with E-state index in [1.165, 1.54) is 0 Å². The van der Waals surface area contributed by atoms with Gasteiger partial charge >= 0.3 is 5.97 Å². The quantitative estimate of drug-likeness (QED) is 0.707. The normalized spacial score (nSPS) is 12.7. The predicted octanol–water partition coefficient (Wildman–Crippen LogP) is 5.03. The van der Waals surface area contributed by atoms with Crippen molar-refractivity contribution in [1.29, 1.82) is 0 Å². The Labute approximate surface area is 145 Å². The van der Waals surface area contributed by atoms with Crippen LogP contribution < -0.4 is 0 Å². The van der Waals surface area contributed by atoms with Crippen LogP contribution in [0.4, 0.5) is 0 Å². The van der Waals surface area contributed by atoms with E-state index in [1.807, 2.05) is 54.8 Å². The number of hydrogen-bond donors (Lipinski definition) is 1. The number of halogens is 1. The minimum Gasteiger partial charge on any atom is -0.480 e. The van der Waals surface area contributed by atoms with Crippen molar-refractivity contribution in [3.8, 4) is 11.4 Å². The van der Waals surface area contributed by atoms with Crippen molar-refractivity contribution < 1.29 is 9.90 Å². The molecule has 124 valence electrons. The molecule has 1 N–H and O–H groups in total. The fourth-order valence-corrected chi connectivity index (χ4v) is 3.05. The van der Waals surface area contributed by atoms with Crippen LogP contribution in [0.3, 0.4) is 0 Å². The highest BCUT2D eigenvalue weighted by Crippen LogP contribution is 2.32. The molecule has 4 nitrogen and oxygen atoms in total. The zero-order valence-electron chi connectivity index (χ0n) is 13.6. The molecule has 3 aromatic rings. The number of carbonyl (C=O) groups is 1. The SMILES string of the molecule is CC(C)C[C@@H](C(=O)O)n1c(-c2ccc(Cl)cc2)nc2ccccc21.